The highest BCUT2D eigenvalue weighted by atomic mass is 16.3. The Morgan fingerprint density at radius 1 is 0.365 bits per heavy atom. The maximum absolute atomic E-state index is 12.5. The quantitative estimate of drug-likeness (QED) is 0.0421. The minimum Gasteiger partial charge on any atom is -0.394 e. The van der Waals surface area contributed by atoms with E-state index in [1.54, 1.807) is 6.08 Å². The van der Waals surface area contributed by atoms with Crippen molar-refractivity contribution in [2.75, 3.05) is 6.61 Å². The van der Waals surface area contributed by atoms with Gasteiger partial charge in [0.15, 0.2) is 0 Å². The molecule has 0 aliphatic rings. The van der Waals surface area contributed by atoms with E-state index in [-0.39, 0.29) is 12.5 Å². The van der Waals surface area contributed by atoms with Crippen molar-refractivity contribution in [3.8, 4) is 0 Å². The number of carbonyl (C=O) groups is 1. The van der Waals surface area contributed by atoms with E-state index in [9.17, 15) is 15.0 Å². The molecule has 0 bridgehead atoms. The zero-order valence-electron chi connectivity index (χ0n) is 42.9. The number of rotatable bonds is 53. The fourth-order valence-corrected chi connectivity index (χ4v) is 8.96. The third-order valence-electron chi connectivity index (χ3n) is 13.3. The van der Waals surface area contributed by atoms with Crippen molar-refractivity contribution in [3.05, 3.63) is 36.5 Å². The molecule has 0 saturated heterocycles. The van der Waals surface area contributed by atoms with Crippen LogP contribution in [0.15, 0.2) is 36.5 Å². The van der Waals surface area contributed by atoms with Crippen LogP contribution in [-0.4, -0.2) is 34.9 Å². The lowest BCUT2D eigenvalue weighted by molar-refractivity contribution is -0.123. The Labute approximate surface area is 395 Å². The smallest absolute Gasteiger partial charge is 0.220 e. The number of carbonyl (C=O) groups excluding carboxylic acids is 1. The van der Waals surface area contributed by atoms with Crippen LogP contribution in [-0.2, 0) is 4.79 Å². The molecule has 2 atom stereocenters. The number of hydrogen-bond donors (Lipinski definition) is 3. The van der Waals surface area contributed by atoms with Gasteiger partial charge in [0, 0.05) is 6.42 Å². The largest absolute Gasteiger partial charge is 0.394 e. The number of nitrogens with one attached hydrogen (secondary N) is 1. The standard InChI is InChI=1S/C59H113NO3/c1-3-5-7-9-11-13-15-17-19-21-23-25-26-27-28-29-30-31-32-33-34-35-37-39-41-43-45-47-49-51-53-55-59(63)60-57(56-61)58(62)54-52-50-48-46-44-42-40-38-36-24-22-20-18-16-14-12-10-8-6-4-2/h27-28,44,46,52,54,57-58,61-62H,3-26,29-43,45,47-51,53,55-56H2,1-2H3,(H,60,63)/b28-27-,46-44+,54-52+. The van der Waals surface area contributed by atoms with Crippen molar-refractivity contribution < 1.29 is 15.0 Å². The summed E-state index contributed by atoms with van der Waals surface area (Å²) in [6.45, 7) is 4.33. The molecular formula is C59H113NO3. The molecule has 0 saturated carbocycles. The maximum atomic E-state index is 12.5. The van der Waals surface area contributed by atoms with E-state index in [1.165, 1.54) is 263 Å². The predicted molar refractivity (Wildman–Crippen MR) is 281 cm³/mol. The highest BCUT2D eigenvalue weighted by molar-refractivity contribution is 5.76. The van der Waals surface area contributed by atoms with Gasteiger partial charge in [-0.2, -0.15) is 0 Å². The lowest BCUT2D eigenvalue weighted by Crippen LogP contribution is -2.45. The van der Waals surface area contributed by atoms with Gasteiger partial charge in [-0.25, -0.2) is 0 Å². The summed E-state index contributed by atoms with van der Waals surface area (Å²) >= 11 is 0. The van der Waals surface area contributed by atoms with Gasteiger partial charge in [0.05, 0.1) is 18.8 Å². The normalized spacial score (nSPS) is 13.0. The van der Waals surface area contributed by atoms with Gasteiger partial charge in [0.25, 0.3) is 0 Å². The van der Waals surface area contributed by atoms with Gasteiger partial charge in [-0.05, 0) is 57.8 Å². The third-order valence-corrected chi connectivity index (χ3v) is 13.3. The summed E-state index contributed by atoms with van der Waals surface area (Å²) in [5.74, 6) is -0.0690. The van der Waals surface area contributed by atoms with Gasteiger partial charge in [-0.15, -0.1) is 0 Å². The highest BCUT2D eigenvalue weighted by Gasteiger charge is 2.18. The van der Waals surface area contributed by atoms with Gasteiger partial charge >= 0.3 is 0 Å². The van der Waals surface area contributed by atoms with E-state index in [4.69, 9.17) is 0 Å². The van der Waals surface area contributed by atoms with Crippen LogP contribution in [0, 0.1) is 0 Å². The van der Waals surface area contributed by atoms with Crippen LogP contribution in [0.3, 0.4) is 0 Å². The second-order valence-electron chi connectivity index (χ2n) is 19.7. The van der Waals surface area contributed by atoms with Gasteiger partial charge in [-0.1, -0.05) is 288 Å². The first-order chi connectivity index (χ1) is 31.2. The van der Waals surface area contributed by atoms with Gasteiger partial charge < -0.3 is 15.5 Å². The van der Waals surface area contributed by atoms with Crippen LogP contribution in [0.4, 0.5) is 0 Å². The summed E-state index contributed by atoms with van der Waals surface area (Å²) in [5.41, 5.74) is 0. The first-order valence-corrected chi connectivity index (χ1v) is 28.7. The molecule has 0 radical (unpaired) electrons. The van der Waals surface area contributed by atoms with Gasteiger partial charge in [0.1, 0.15) is 0 Å². The Morgan fingerprint density at radius 2 is 0.619 bits per heavy atom. The first kappa shape index (κ1) is 61.6. The fraction of sp³-hybridized carbons (Fsp3) is 0.881. The van der Waals surface area contributed by atoms with E-state index in [2.05, 4.69) is 43.5 Å². The summed E-state index contributed by atoms with van der Waals surface area (Å²) in [7, 11) is 0. The monoisotopic (exact) mass is 884 g/mol. The average Bonchev–Trinajstić information content (AvgIpc) is 3.29. The Morgan fingerprint density at radius 3 is 0.921 bits per heavy atom. The van der Waals surface area contributed by atoms with E-state index < -0.39 is 12.1 Å². The molecule has 372 valence electrons. The van der Waals surface area contributed by atoms with Crippen molar-refractivity contribution in [3.63, 3.8) is 0 Å². The SMILES string of the molecule is CCCCCCCCCCCCCC/C=C\CCCCCCCCCCCCCCCCCC(=O)NC(CO)C(O)/C=C/CC/C=C/CCCCCCCCCCCCCCCC. The van der Waals surface area contributed by atoms with Crippen LogP contribution >= 0.6 is 0 Å². The lowest BCUT2D eigenvalue weighted by Gasteiger charge is -2.19. The highest BCUT2D eigenvalue weighted by Crippen LogP contribution is 2.17. The minimum atomic E-state index is -0.861. The Hall–Kier alpha value is -1.39. The molecular weight excluding hydrogens is 771 g/mol. The van der Waals surface area contributed by atoms with Crippen molar-refractivity contribution in [1.82, 2.24) is 5.32 Å². The maximum Gasteiger partial charge on any atom is 0.220 e. The zero-order chi connectivity index (χ0) is 45.6. The Balaban J connectivity index is 3.48. The molecule has 1 amide bonds. The van der Waals surface area contributed by atoms with Crippen LogP contribution < -0.4 is 5.32 Å². The van der Waals surface area contributed by atoms with Crippen LogP contribution in [0.1, 0.15) is 316 Å². The minimum absolute atomic E-state index is 0.0690. The third kappa shape index (κ3) is 51.5. The number of aliphatic hydroxyl groups is 2. The summed E-state index contributed by atoms with van der Waals surface area (Å²) in [4.78, 5) is 12.5. The number of unbranched alkanes of at least 4 members (excludes halogenated alkanes) is 42. The molecule has 0 aromatic carbocycles. The van der Waals surface area contributed by atoms with Crippen LogP contribution in [0.25, 0.3) is 0 Å². The summed E-state index contributed by atoms with van der Waals surface area (Å²) < 4.78 is 0. The summed E-state index contributed by atoms with van der Waals surface area (Å²) in [6.07, 6.45) is 74.6. The predicted octanol–water partition coefficient (Wildman–Crippen LogP) is 18.9. The Bertz CT molecular complexity index is 958. The van der Waals surface area contributed by atoms with Crippen LogP contribution in [0.5, 0.6) is 0 Å². The number of amides is 1. The second kappa shape index (κ2) is 54.9. The molecule has 0 aromatic rings. The van der Waals surface area contributed by atoms with Gasteiger partial charge in [0.2, 0.25) is 5.91 Å². The molecule has 0 aromatic heterocycles. The van der Waals surface area contributed by atoms with Crippen molar-refractivity contribution in [2.24, 2.45) is 0 Å². The van der Waals surface area contributed by atoms with E-state index in [0.717, 1.165) is 32.1 Å². The second-order valence-corrected chi connectivity index (χ2v) is 19.7. The molecule has 0 rings (SSSR count). The van der Waals surface area contributed by atoms with Crippen LogP contribution in [0.2, 0.25) is 0 Å². The lowest BCUT2D eigenvalue weighted by atomic mass is 10.0. The summed E-state index contributed by atoms with van der Waals surface area (Å²) in [6, 6.07) is -0.638. The molecule has 2 unspecified atom stereocenters. The van der Waals surface area contributed by atoms with Crippen molar-refractivity contribution >= 4 is 5.91 Å². The molecule has 0 heterocycles. The van der Waals surface area contributed by atoms with Crippen molar-refractivity contribution in [1.29, 1.82) is 0 Å². The molecule has 3 N–H and O–H groups in total. The average molecular weight is 885 g/mol. The van der Waals surface area contributed by atoms with E-state index in [1.807, 2.05) is 6.08 Å². The van der Waals surface area contributed by atoms with Gasteiger partial charge in [-0.3, -0.25) is 4.79 Å². The van der Waals surface area contributed by atoms with Crippen molar-refractivity contribution in [2.45, 2.75) is 328 Å². The zero-order valence-corrected chi connectivity index (χ0v) is 42.9. The van der Waals surface area contributed by atoms with E-state index >= 15 is 0 Å². The Kier molecular flexibility index (Phi) is 53.7. The fourth-order valence-electron chi connectivity index (χ4n) is 8.96. The molecule has 0 spiro atoms. The molecule has 63 heavy (non-hydrogen) atoms. The number of aliphatic hydroxyl groups excluding tert-OH is 2. The molecule has 0 fully saturated rings. The first-order valence-electron chi connectivity index (χ1n) is 28.7. The molecule has 0 aliphatic heterocycles. The molecule has 4 nitrogen and oxygen atoms in total. The van der Waals surface area contributed by atoms with E-state index in [0.29, 0.717) is 6.42 Å². The summed E-state index contributed by atoms with van der Waals surface area (Å²) in [5, 5.41) is 23.1. The number of hydrogen-bond acceptors (Lipinski definition) is 3. The topological polar surface area (TPSA) is 69.6 Å². The molecule has 0 aliphatic carbocycles. The number of allylic oxidation sites excluding steroid dienone is 5. The molecule has 4 heteroatoms.